The molecule has 1 atom stereocenters. The van der Waals surface area contributed by atoms with Gasteiger partial charge >= 0.3 is 0 Å². The molecule has 2 aromatic rings. The van der Waals surface area contributed by atoms with Gasteiger partial charge in [-0.1, -0.05) is 6.92 Å². The van der Waals surface area contributed by atoms with E-state index in [9.17, 15) is 0 Å². The Morgan fingerprint density at radius 3 is 2.86 bits per heavy atom. The monoisotopic (exact) mass is 306 g/mol. The van der Waals surface area contributed by atoms with E-state index < -0.39 is 0 Å². The lowest BCUT2D eigenvalue weighted by Crippen LogP contribution is -2.29. The van der Waals surface area contributed by atoms with E-state index in [0.717, 1.165) is 48.2 Å². The van der Waals surface area contributed by atoms with Crippen molar-refractivity contribution in [2.24, 2.45) is 0 Å². The molecule has 0 bridgehead atoms. The summed E-state index contributed by atoms with van der Waals surface area (Å²) in [6.07, 6.45) is 4.59. The average Bonchev–Trinajstić information content (AvgIpc) is 3.21. The van der Waals surface area contributed by atoms with Crippen LogP contribution >= 0.6 is 11.6 Å². The van der Waals surface area contributed by atoms with Gasteiger partial charge < -0.3 is 4.57 Å². The number of aromatic nitrogens is 3. The van der Waals surface area contributed by atoms with E-state index in [1.165, 1.54) is 12.8 Å². The third-order valence-electron chi connectivity index (χ3n) is 4.19. The molecular weight excluding hydrogens is 284 g/mol. The maximum Gasteiger partial charge on any atom is 0.160 e. The lowest BCUT2D eigenvalue weighted by atomic mass is 10.3. The third kappa shape index (κ3) is 3.06. The molecule has 0 amide bonds. The van der Waals surface area contributed by atoms with E-state index >= 15 is 0 Å². The quantitative estimate of drug-likeness (QED) is 0.766. The average molecular weight is 307 g/mol. The summed E-state index contributed by atoms with van der Waals surface area (Å²) < 4.78 is 2.19. The molecule has 1 saturated carbocycles. The Labute approximate surface area is 131 Å². The van der Waals surface area contributed by atoms with Gasteiger partial charge in [-0.3, -0.25) is 4.90 Å². The SMILES string of the molecule is CCN(CCn1c(C(C)Cl)nc2cc(C)cnc21)C1CC1. The number of aryl methyl sites for hydroxylation is 1. The smallest absolute Gasteiger partial charge is 0.160 e. The van der Waals surface area contributed by atoms with E-state index in [2.05, 4.69) is 32.4 Å². The second-order valence-electron chi connectivity index (χ2n) is 5.95. The zero-order chi connectivity index (χ0) is 15.0. The van der Waals surface area contributed by atoms with Gasteiger partial charge in [0.25, 0.3) is 0 Å². The van der Waals surface area contributed by atoms with Gasteiger partial charge in [-0.25, -0.2) is 9.97 Å². The van der Waals surface area contributed by atoms with Crippen molar-refractivity contribution in [2.45, 2.75) is 51.6 Å². The van der Waals surface area contributed by atoms with Crippen molar-refractivity contribution in [1.29, 1.82) is 0 Å². The molecule has 0 saturated heterocycles. The van der Waals surface area contributed by atoms with Crippen molar-refractivity contribution in [2.75, 3.05) is 13.1 Å². The molecule has 1 aliphatic rings. The molecule has 0 spiro atoms. The van der Waals surface area contributed by atoms with Gasteiger partial charge in [0.2, 0.25) is 0 Å². The van der Waals surface area contributed by atoms with E-state index in [1.54, 1.807) is 0 Å². The summed E-state index contributed by atoms with van der Waals surface area (Å²) in [5, 5.41) is -0.101. The first-order chi connectivity index (χ1) is 10.1. The van der Waals surface area contributed by atoms with Crippen LogP contribution in [0.1, 0.15) is 43.5 Å². The molecule has 4 nitrogen and oxygen atoms in total. The number of likely N-dealkylation sites (N-methyl/N-ethyl adjacent to an activating group) is 1. The van der Waals surface area contributed by atoms with Crippen molar-refractivity contribution in [3.05, 3.63) is 23.7 Å². The molecule has 5 heteroatoms. The molecule has 2 aromatic heterocycles. The molecule has 2 heterocycles. The van der Waals surface area contributed by atoms with Crippen LogP contribution in [-0.4, -0.2) is 38.6 Å². The zero-order valence-corrected chi connectivity index (χ0v) is 13.8. The fourth-order valence-corrected chi connectivity index (χ4v) is 3.09. The molecule has 0 radical (unpaired) electrons. The van der Waals surface area contributed by atoms with Crippen molar-refractivity contribution in [3.63, 3.8) is 0 Å². The van der Waals surface area contributed by atoms with Gasteiger partial charge in [-0.15, -0.1) is 11.6 Å². The minimum Gasteiger partial charge on any atom is -0.310 e. The fourth-order valence-electron chi connectivity index (χ4n) is 2.92. The molecule has 3 rings (SSSR count). The number of halogens is 1. The van der Waals surface area contributed by atoms with E-state index in [1.807, 2.05) is 20.0 Å². The molecule has 0 aliphatic heterocycles. The highest BCUT2D eigenvalue weighted by atomic mass is 35.5. The van der Waals surface area contributed by atoms with Gasteiger partial charge in [-0.05, 0) is 44.9 Å². The largest absolute Gasteiger partial charge is 0.310 e. The molecule has 0 N–H and O–H groups in total. The van der Waals surface area contributed by atoms with Gasteiger partial charge in [0, 0.05) is 25.3 Å². The summed E-state index contributed by atoms with van der Waals surface area (Å²) in [5.74, 6) is 0.927. The molecule has 1 unspecified atom stereocenters. The first kappa shape index (κ1) is 14.8. The van der Waals surface area contributed by atoms with Gasteiger partial charge in [-0.2, -0.15) is 0 Å². The van der Waals surface area contributed by atoms with Crippen LogP contribution in [0.25, 0.3) is 11.2 Å². The highest BCUT2D eigenvalue weighted by molar-refractivity contribution is 6.20. The highest BCUT2D eigenvalue weighted by Gasteiger charge is 2.27. The lowest BCUT2D eigenvalue weighted by molar-refractivity contribution is 0.266. The molecule has 0 aromatic carbocycles. The minimum absolute atomic E-state index is 0.101. The van der Waals surface area contributed by atoms with Gasteiger partial charge in [0.1, 0.15) is 11.3 Å². The molecular formula is C16H23ClN4. The van der Waals surface area contributed by atoms with Crippen LogP contribution < -0.4 is 0 Å². The van der Waals surface area contributed by atoms with Crippen molar-refractivity contribution < 1.29 is 0 Å². The van der Waals surface area contributed by atoms with Crippen molar-refractivity contribution >= 4 is 22.8 Å². The van der Waals surface area contributed by atoms with E-state index in [0.29, 0.717) is 0 Å². The minimum atomic E-state index is -0.101. The summed E-state index contributed by atoms with van der Waals surface area (Å²) in [6, 6.07) is 2.87. The predicted octanol–water partition coefficient (Wildman–Crippen LogP) is 3.52. The summed E-state index contributed by atoms with van der Waals surface area (Å²) >= 11 is 6.32. The third-order valence-corrected chi connectivity index (χ3v) is 4.38. The Hall–Kier alpha value is -1.13. The Kier molecular flexibility index (Phi) is 4.18. The summed E-state index contributed by atoms with van der Waals surface area (Å²) in [5.41, 5.74) is 3.04. The Morgan fingerprint density at radius 2 is 2.24 bits per heavy atom. The molecule has 21 heavy (non-hydrogen) atoms. The molecule has 1 fully saturated rings. The van der Waals surface area contributed by atoms with Crippen LogP contribution in [0.3, 0.4) is 0 Å². The maximum absolute atomic E-state index is 6.32. The maximum atomic E-state index is 6.32. The van der Waals surface area contributed by atoms with Crippen LogP contribution in [0.4, 0.5) is 0 Å². The number of rotatable bonds is 6. The van der Waals surface area contributed by atoms with Crippen molar-refractivity contribution in [1.82, 2.24) is 19.4 Å². The van der Waals surface area contributed by atoms with Crippen LogP contribution in [-0.2, 0) is 6.54 Å². The number of fused-ring (bicyclic) bond motifs is 1. The second-order valence-corrected chi connectivity index (χ2v) is 6.61. The number of imidazole rings is 1. The molecule has 1 aliphatic carbocycles. The number of hydrogen-bond donors (Lipinski definition) is 0. The first-order valence-corrected chi connectivity index (χ1v) is 8.24. The normalized spacial score (nSPS) is 16.8. The highest BCUT2D eigenvalue weighted by Crippen LogP contribution is 2.27. The number of pyridine rings is 1. The lowest BCUT2D eigenvalue weighted by Gasteiger charge is -2.21. The predicted molar refractivity (Wildman–Crippen MR) is 86.8 cm³/mol. The van der Waals surface area contributed by atoms with Crippen LogP contribution in [0.5, 0.6) is 0 Å². The second kappa shape index (κ2) is 5.93. The Morgan fingerprint density at radius 1 is 1.48 bits per heavy atom. The van der Waals surface area contributed by atoms with Crippen LogP contribution in [0, 0.1) is 6.92 Å². The summed E-state index contributed by atoms with van der Waals surface area (Å²) in [6.45, 7) is 9.31. The van der Waals surface area contributed by atoms with E-state index in [4.69, 9.17) is 11.6 Å². The zero-order valence-electron chi connectivity index (χ0n) is 13.0. The fraction of sp³-hybridized carbons (Fsp3) is 0.625. The van der Waals surface area contributed by atoms with Crippen LogP contribution in [0.15, 0.2) is 12.3 Å². The van der Waals surface area contributed by atoms with Gasteiger partial charge in [0.05, 0.1) is 5.38 Å². The Bertz CT molecular complexity index is 630. The topological polar surface area (TPSA) is 34.0 Å². The van der Waals surface area contributed by atoms with Crippen molar-refractivity contribution in [3.8, 4) is 0 Å². The van der Waals surface area contributed by atoms with E-state index in [-0.39, 0.29) is 5.38 Å². The first-order valence-electron chi connectivity index (χ1n) is 7.81. The summed E-state index contributed by atoms with van der Waals surface area (Å²) in [4.78, 5) is 11.8. The molecule has 114 valence electrons. The van der Waals surface area contributed by atoms with Gasteiger partial charge in [0.15, 0.2) is 5.65 Å². The number of hydrogen-bond acceptors (Lipinski definition) is 3. The number of alkyl halides is 1. The Balaban J connectivity index is 1.89. The number of nitrogens with zero attached hydrogens (tertiary/aromatic N) is 4. The summed E-state index contributed by atoms with van der Waals surface area (Å²) in [7, 11) is 0. The van der Waals surface area contributed by atoms with Crippen LogP contribution in [0.2, 0.25) is 0 Å². The standard InChI is InChI=1S/C16H23ClN4/c1-4-20(13-5-6-13)7-8-21-15(12(3)17)19-14-9-11(2)10-18-16(14)21/h9-10,12-13H,4-8H2,1-3H3.